The molecule has 0 aliphatic carbocycles. The van der Waals surface area contributed by atoms with Crippen molar-refractivity contribution in [3.8, 4) is 33.8 Å². The van der Waals surface area contributed by atoms with Crippen LogP contribution in [0.25, 0.3) is 22.3 Å². The highest BCUT2D eigenvalue weighted by Crippen LogP contribution is 2.42. The molecule has 0 unspecified atom stereocenters. The lowest BCUT2D eigenvalue weighted by Crippen LogP contribution is -2.31. The third-order valence-corrected chi connectivity index (χ3v) is 5.46. The van der Waals surface area contributed by atoms with E-state index >= 15 is 0 Å². The summed E-state index contributed by atoms with van der Waals surface area (Å²) in [6.07, 6.45) is 0.683. The molecule has 0 saturated carbocycles. The number of nitrogens with two attached hydrogens (primary N) is 2. The molecule has 214 valence electrons. The molecular formula is C26H26F6N6O2. The summed E-state index contributed by atoms with van der Waals surface area (Å²) < 4.78 is 95.6. The molecule has 0 amide bonds. The first-order valence-corrected chi connectivity index (χ1v) is 11.9. The van der Waals surface area contributed by atoms with Crippen LogP contribution in [0, 0.1) is 45.7 Å². The second-order valence-electron chi connectivity index (χ2n) is 8.44. The zero-order valence-corrected chi connectivity index (χ0v) is 20.9. The maximum Gasteiger partial charge on any atom is 0.194 e. The number of hydrogen-bond acceptors (Lipinski definition) is 4. The van der Waals surface area contributed by atoms with E-state index in [1.165, 1.54) is 12.1 Å². The number of guanidine groups is 2. The Morgan fingerprint density at radius 1 is 0.600 bits per heavy atom. The summed E-state index contributed by atoms with van der Waals surface area (Å²) >= 11 is 0. The lowest BCUT2D eigenvalue weighted by Gasteiger charge is -2.19. The monoisotopic (exact) mass is 568 g/mol. The van der Waals surface area contributed by atoms with E-state index in [-0.39, 0.29) is 72.0 Å². The first-order valence-electron chi connectivity index (χ1n) is 11.9. The molecule has 8 nitrogen and oxygen atoms in total. The van der Waals surface area contributed by atoms with Crippen molar-refractivity contribution < 1.29 is 35.8 Å². The van der Waals surface area contributed by atoms with Gasteiger partial charge in [0.05, 0.1) is 13.2 Å². The maximum atomic E-state index is 14.1. The van der Waals surface area contributed by atoms with E-state index in [1.54, 1.807) is 0 Å². The lowest BCUT2D eigenvalue weighted by atomic mass is 9.96. The van der Waals surface area contributed by atoms with Crippen LogP contribution in [-0.4, -0.2) is 38.2 Å². The lowest BCUT2D eigenvalue weighted by molar-refractivity contribution is 0.297. The molecule has 0 aliphatic heterocycles. The highest BCUT2D eigenvalue weighted by molar-refractivity contribution is 5.82. The van der Waals surface area contributed by atoms with E-state index in [9.17, 15) is 26.3 Å². The van der Waals surface area contributed by atoms with Gasteiger partial charge in [-0.05, 0) is 54.3 Å². The van der Waals surface area contributed by atoms with Gasteiger partial charge in [0.25, 0.3) is 0 Å². The fourth-order valence-corrected chi connectivity index (χ4v) is 3.63. The van der Waals surface area contributed by atoms with Crippen molar-refractivity contribution in [2.24, 2.45) is 11.5 Å². The largest absolute Gasteiger partial charge is 0.493 e. The minimum absolute atomic E-state index is 0.0167. The summed E-state index contributed by atoms with van der Waals surface area (Å²) in [5.41, 5.74) is 10.2. The van der Waals surface area contributed by atoms with Crippen LogP contribution >= 0.6 is 0 Å². The summed E-state index contributed by atoms with van der Waals surface area (Å²) in [5, 5.41) is 19.6. The summed E-state index contributed by atoms with van der Waals surface area (Å²) in [6, 6.07) is 5.48. The smallest absolute Gasteiger partial charge is 0.194 e. The van der Waals surface area contributed by atoms with Crippen LogP contribution in [0.5, 0.6) is 11.5 Å². The Bertz CT molecular complexity index is 1260. The molecule has 0 heterocycles. The van der Waals surface area contributed by atoms with Gasteiger partial charge < -0.3 is 31.6 Å². The van der Waals surface area contributed by atoms with Gasteiger partial charge in [-0.25, -0.2) is 26.3 Å². The molecule has 0 spiro atoms. The molecule has 0 bridgehead atoms. The number of halogens is 6. The number of nitrogens with one attached hydrogen (secondary N) is 4. The SMILES string of the molecule is N=C(N)NCCCOc1cc(OCCCNC(=N)N)c(-c2cc(F)c(F)c(F)c2)cc1-c1cc(F)c(F)c(F)c1. The third kappa shape index (κ3) is 7.71. The topological polar surface area (TPSA) is 142 Å². The van der Waals surface area contributed by atoms with Crippen LogP contribution in [0.4, 0.5) is 26.3 Å². The van der Waals surface area contributed by atoms with Crippen LogP contribution in [0.2, 0.25) is 0 Å². The minimum Gasteiger partial charge on any atom is -0.493 e. The van der Waals surface area contributed by atoms with Crippen molar-refractivity contribution in [2.75, 3.05) is 26.3 Å². The van der Waals surface area contributed by atoms with E-state index in [1.807, 2.05) is 0 Å². The van der Waals surface area contributed by atoms with Crippen molar-refractivity contribution in [2.45, 2.75) is 12.8 Å². The Morgan fingerprint density at radius 2 is 0.950 bits per heavy atom. The summed E-state index contributed by atoms with van der Waals surface area (Å²) in [5.74, 6) is -9.76. The zero-order chi connectivity index (χ0) is 29.4. The maximum absolute atomic E-state index is 14.1. The third-order valence-electron chi connectivity index (χ3n) is 5.46. The van der Waals surface area contributed by atoms with Gasteiger partial charge in [0, 0.05) is 30.3 Å². The first-order chi connectivity index (χ1) is 19.0. The van der Waals surface area contributed by atoms with Crippen molar-refractivity contribution in [1.29, 1.82) is 10.8 Å². The second-order valence-corrected chi connectivity index (χ2v) is 8.44. The van der Waals surface area contributed by atoms with Crippen molar-refractivity contribution in [1.82, 2.24) is 10.6 Å². The average Bonchev–Trinajstić information content (AvgIpc) is 2.89. The molecule has 0 fully saturated rings. The predicted molar refractivity (Wildman–Crippen MR) is 137 cm³/mol. The molecule has 3 rings (SSSR count). The minimum atomic E-state index is -1.69. The quantitative estimate of drug-likeness (QED) is 0.0631. The first kappa shape index (κ1) is 29.9. The van der Waals surface area contributed by atoms with Gasteiger partial charge in [-0.2, -0.15) is 0 Å². The Hall–Kier alpha value is -4.62. The Labute approximate surface area is 225 Å². The summed E-state index contributed by atoms with van der Waals surface area (Å²) in [7, 11) is 0. The van der Waals surface area contributed by atoms with Gasteiger partial charge in [-0.3, -0.25) is 10.8 Å². The fraction of sp³-hybridized carbons (Fsp3) is 0.231. The van der Waals surface area contributed by atoms with Crippen molar-refractivity contribution >= 4 is 11.9 Å². The van der Waals surface area contributed by atoms with E-state index < -0.39 is 34.9 Å². The van der Waals surface area contributed by atoms with Gasteiger partial charge in [0.2, 0.25) is 0 Å². The van der Waals surface area contributed by atoms with Gasteiger partial charge >= 0.3 is 0 Å². The van der Waals surface area contributed by atoms with E-state index in [2.05, 4.69) is 10.6 Å². The molecule has 0 saturated heterocycles. The standard InChI is InChI=1S/C26H26F6N6O2/c27-17-7-13(8-18(28)23(17)31)15-11-16(14-9-19(29)24(32)20(30)10-14)22(40-6-2-4-38-26(35)36)12-21(15)39-5-1-3-37-25(33)34/h7-12H,1-6H2,(H4,33,34,37)(H4,35,36,38). The van der Waals surface area contributed by atoms with Crippen molar-refractivity contribution in [3.05, 3.63) is 71.3 Å². The Morgan fingerprint density at radius 3 is 1.27 bits per heavy atom. The molecular weight excluding hydrogens is 542 g/mol. The number of ether oxygens (including phenoxy) is 2. The highest BCUT2D eigenvalue weighted by Gasteiger charge is 2.21. The molecule has 8 N–H and O–H groups in total. The molecule has 40 heavy (non-hydrogen) atoms. The van der Waals surface area contributed by atoms with Gasteiger partial charge in [0.1, 0.15) is 11.5 Å². The number of rotatable bonds is 12. The van der Waals surface area contributed by atoms with Crippen LogP contribution in [0.1, 0.15) is 12.8 Å². The molecule has 3 aromatic rings. The van der Waals surface area contributed by atoms with Crippen LogP contribution in [0.15, 0.2) is 36.4 Å². The van der Waals surface area contributed by atoms with Gasteiger partial charge in [0.15, 0.2) is 46.8 Å². The molecule has 0 atom stereocenters. The van der Waals surface area contributed by atoms with Crippen molar-refractivity contribution in [3.63, 3.8) is 0 Å². The van der Waals surface area contributed by atoms with Crippen LogP contribution < -0.4 is 31.6 Å². The summed E-state index contributed by atoms with van der Waals surface area (Å²) in [6.45, 7) is 0.591. The highest BCUT2D eigenvalue weighted by atomic mass is 19.2. The normalized spacial score (nSPS) is 10.8. The van der Waals surface area contributed by atoms with E-state index in [0.29, 0.717) is 12.8 Å². The van der Waals surface area contributed by atoms with Gasteiger partial charge in [-0.1, -0.05) is 0 Å². The Balaban J connectivity index is 2.10. The van der Waals surface area contributed by atoms with E-state index in [4.69, 9.17) is 31.8 Å². The molecule has 0 aromatic heterocycles. The average molecular weight is 569 g/mol. The molecule has 3 aromatic carbocycles. The second kappa shape index (κ2) is 13.4. The zero-order valence-electron chi connectivity index (χ0n) is 20.9. The Kier molecular flexibility index (Phi) is 10.1. The molecule has 0 aliphatic rings. The number of benzene rings is 3. The molecule has 14 heteroatoms. The van der Waals surface area contributed by atoms with Gasteiger partial charge in [-0.15, -0.1) is 0 Å². The van der Waals surface area contributed by atoms with E-state index in [0.717, 1.165) is 24.3 Å². The predicted octanol–water partition coefficient (Wildman–Crippen LogP) is 4.36. The summed E-state index contributed by atoms with van der Waals surface area (Å²) in [4.78, 5) is 0. The van der Waals surface area contributed by atoms with Crippen LogP contribution in [-0.2, 0) is 0 Å². The molecule has 0 radical (unpaired) electrons. The number of hydrogen-bond donors (Lipinski definition) is 6. The van der Waals surface area contributed by atoms with Crippen LogP contribution in [0.3, 0.4) is 0 Å². The fourth-order valence-electron chi connectivity index (χ4n) is 3.63.